The van der Waals surface area contributed by atoms with Gasteiger partial charge in [-0.2, -0.15) is 5.10 Å². The number of carbonyl (C=O) groups is 1. The molecule has 2 saturated heterocycles. The highest BCUT2D eigenvalue weighted by Gasteiger charge is 2.43. The fraction of sp³-hybridized carbons (Fsp3) is 0.500. The lowest BCUT2D eigenvalue weighted by molar-refractivity contribution is -0.146. The van der Waals surface area contributed by atoms with Crippen LogP contribution in [0.1, 0.15) is 5.56 Å². The zero-order valence-electron chi connectivity index (χ0n) is 14.9. The van der Waals surface area contributed by atoms with E-state index in [-0.39, 0.29) is 12.5 Å². The first kappa shape index (κ1) is 17.1. The van der Waals surface area contributed by atoms with Crippen molar-refractivity contribution in [2.45, 2.75) is 12.1 Å². The smallest absolute Gasteiger partial charge is 0.253 e. The molecule has 4 rings (SSSR count). The van der Waals surface area contributed by atoms with E-state index in [0.717, 1.165) is 24.3 Å². The van der Waals surface area contributed by atoms with Gasteiger partial charge in [-0.3, -0.25) is 19.4 Å². The monoisotopic (exact) mass is 357 g/mol. The normalized spacial score (nSPS) is 24.8. The van der Waals surface area contributed by atoms with Crippen LogP contribution in [0.3, 0.4) is 0 Å². The van der Waals surface area contributed by atoms with Crippen molar-refractivity contribution in [3.05, 3.63) is 42.5 Å². The van der Waals surface area contributed by atoms with Gasteiger partial charge in [-0.05, 0) is 11.6 Å². The summed E-state index contributed by atoms with van der Waals surface area (Å²) < 4.78 is 13.6. The largest absolute Gasteiger partial charge is 0.377 e. The van der Waals surface area contributed by atoms with Crippen LogP contribution >= 0.6 is 0 Å². The first-order valence-electron chi connectivity index (χ1n) is 8.76. The highest BCUT2D eigenvalue weighted by molar-refractivity contribution is 5.94. The first-order valence-corrected chi connectivity index (χ1v) is 8.76. The predicted octanol–water partition coefficient (Wildman–Crippen LogP) is 0.449. The number of hydrogen-bond acceptors (Lipinski definition) is 6. The van der Waals surface area contributed by atoms with Crippen LogP contribution in [0, 0.1) is 0 Å². The molecule has 0 N–H and O–H groups in total. The summed E-state index contributed by atoms with van der Waals surface area (Å²) in [5.41, 5.74) is 1.41. The second-order valence-electron chi connectivity index (χ2n) is 6.95. The minimum absolute atomic E-state index is 0.0494. The average Bonchev–Trinajstić information content (AvgIpc) is 2.98. The number of amides is 1. The SMILES string of the molecule is Cn1cc(N2CC3(COCCN(Cc4cccnc4)C3)OCC2=O)cn1. The Balaban J connectivity index is 1.52. The number of nitrogens with zero attached hydrogens (tertiary/aromatic N) is 5. The molecular formula is C18H23N5O3. The number of rotatable bonds is 3. The molecule has 2 aromatic rings. The maximum atomic E-state index is 12.4. The van der Waals surface area contributed by atoms with Crippen molar-refractivity contribution in [1.82, 2.24) is 19.7 Å². The highest BCUT2D eigenvalue weighted by atomic mass is 16.6. The molecule has 0 aliphatic carbocycles. The van der Waals surface area contributed by atoms with E-state index in [2.05, 4.69) is 21.0 Å². The molecule has 1 spiro atoms. The second-order valence-corrected chi connectivity index (χ2v) is 6.95. The maximum Gasteiger partial charge on any atom is 0.253 e. The molecule has 4 heterocycles. The Morgan fingerprint density at radius 3 is 3.00 bits per heavy atom. The molecule has 2 aliphatic heterocycles. The Labute approximate surface area is 152 Å². The lowest BCUT2D eigenvalue weighted by Gasteiger charge is -2.42. The van der Waals surface area contributed by atoms with E-state index in [0.29, 0.717) is 26.3 Å². The summed E-state index contributed by atoms with van der Waals surface area (Å²) in [6, 6.07) is 4.01. The van der Waals surface area contributed by atoms with Crippen LogP contribution in [0.15, 0.2) is 36.9 Å². The topological polar surface area (TPSA) is 72.7 Å². The third-order valence-corrected chi connectivity index (χ3v) is 4.81. The van der Waals surface area contributed by atoms with Crippen molar-refractivity contribution in [3.63, 3.8) is 0 Å². The van der Waals surface area contributed by atoms with Gasteiger partial charge in [-0.25, -0.2) is 0 Å². The molecule has 8 nitrogen and oxygen atoms in total. The van der Waals surface area contributed by atoms with Crippen molar-refractivity contribution in [2.75, 3.05) is 44.4 Å². The minimum Gasteiger partial charge on any atom is -0.377 e. The Morgan fingerprint density at radius 2 is 2.23 bits per heavy atom. The van der Waals surface area contributed by atoms with Gasteiger partial charge in [0, 0.05) is 45.3 Å². The lowest BCUT2D eigenvalue weighted by atomic mass is 10.0. The van der Waals surface area contributed by atoms with E-state index >= 15 is 0 Å². The standard InChI is InChI=1S/C18H23N5O3/c1-21-10-16(8-20-21)23-13-18(26-11-17(23)24)12-22(5-6-25-14-18)9-15-3-2-4-19-7-15/h2-4,7-8,10H,5-6,9,11-14H2,1H3. The molecule has 26 heavy (non-hydrogen) atoms. The number of carbonyl (C=O) groups excluding carboxylic acids is 1. The summed E-state index contributed by atoms with van der Waals surface area (Å²) in [4.78, 5) is 20.6. The molecule has 1 amide bonds. The van der Waals surface area contributed by atoms with E-state index in [1.165, 1.54) is 0 Å². The fourth-order valence-electron chi connectivity index (χ4n) is 3.55. The molecule has 8 heteroatoms. The number of morpholine rings is 1. The molecule has 1 atom stereocenters. The van der Waals surface area contributed by atoms with Crippen LogP contribution in [-0.2, 0) is 27.9 Å². The van der Waals surface area contributed by atoms with Gasteiger partial charge in [-0.1, -0.05) is 6.07 Å². The van der Waals surface area contributed by atoms with Gasteiger partial charge in [-0.15, -0.1) is 0 Å². The Kier molecular flexibility index (Phi) is 4.71. The molecule has 138 valence electrons. The number of aryl methyl sites for hydroxylation is 1. The van der Waals surface area contributed by atoms with Crippen molar-refractivity contribution in [2.24, 2.45) is 7.05 Å². The number of pyridine rings is 1. The van der Waals surface area contributed by atoms with E-state index in [9.17, 15) is 4.79 Å². The number of anilines is 1. The van der Waals surface area contributed by atoms with Crippen LogP contribution in [0.5, 0.6) is 0 Å². The van der Waals surface area contributed by atoms with Crippen LogP contribution < -0.4 is 4.90 Å². The summed E-state index contributed by atoms with van der Waals surface area (Å²) in [7, 11) is 1.84. The Hall–Kier alpha value is -2.29. The van der Waals surface area contributed by atoms with Gasteiger partial charge in [0.25, 0.3) is 5.91 Å². The molecule has 0 aromatic carbocycles. The van der Waals surface area contributed by atoms with Crippen LogP contribution in [0.2, 0.25) is 0 Å². The zero-order valence-corrected chi connectivity index (χ0v) is 14.9. The van der Waals surface area contributed by atoms with Crippen molar-refractivity contribution >= 4 is 11.6 Å². The third kappa shape index (κ3) is 3.62. The van der Waals surface area contributed by atoms with Gasteiger partial charge in [0.2, 0.25) is 0 Å². The first-order chi connectivity index (χ1) is 12.6. The van der Waals surface area contributed by atoms with Gasteiger partial charge in [0.05, 0.1) is 31.6 Å². The molecular weight excluding hydrogens is 334 g/mol. The van der Waals surface area contributed by atoms with E-state index in [1.807, 2.05) is 25.5 Å². The lowest BCUT2D eigenvalue weighted by Crippen LogP contribution is -2.60. The Bertz CT molecular complexity index is 765. The quantitative estimate of drug-likeness (QED) is 0.794. The third-order valence-electron chi connectivity index (χ3n) is 4.81. The fourth-order valence-corrected chi connectivity index (χ4v) is 3.55. The summed E-state index contributed by atoms with van der Waals surface area (Å²) in [6.07, 6.45) is 7.22. The van der Waals surface area contributed by atoms with E-state index in [1.54, 1.807) is 22.0 Å². The highest BCUT2D eigenvalue weighted by Crippen LogP contribution is 2.27. The summed E-state index contributed by atoms with van der Waals surface area (Å²) in [6.45, 7) is 3.93. The minimum atomic E-state index is -0.539. The molecule has 0 saturated carbocycles. The van der Waals surface area contributed by atoms with E-state index in [4.69, 9.17) is 9.47 Å². The van der Waals surface area contributed by atoms with Crippen LogP contribution in [0.4, 0.5) is 5.69 Å². The molecule has 0 radical (unpaired) electrons. The number of aromatic nitrogens is 3. The summed E-state index contributed by atoms with van der Waals surface area (Å²) in [5.74, 6) is -0.0494. The van der Waals surface area contributed by atoms with Gasteiger partial charge < -0.3 is 14.4 Å². The van der Waals surface area contributed by atoms with Crippen molar-refractivity contribution in [1.29, 1.82) is 0 Å². The predicted molar refractivity (Wildman–Crippen MR) is 94.6 cm³/mol. The molecule has 2 aliphatic rings. The summed E-state index contributed by atoms with van der Waals surface area (Å²) >= 11 is 0. The van der Waals surface area contributed by atoms with Crippen molar-refractivity contribution in [3.8, 4) is 0 Å². The number of hydrogen-bond donors (Lipinski definition) is 0. The van der Waals surface area contributed by atoms with Crippen LogP contribution in [-0.4, -0.2) is 70.6 Å². The molecule has 1 unspecified atom stereocenters. The van der Waals surface area contributed by atoms with Crippen LogP contribution in [0.25, 0.3) is 0 Å². The average molecular weight is 357 g/mol. The second kappa shape index (κ2) is 7.14. The Morgan fingerprint density at radius 1 is 1.31 bits per heavy atom. The zero-order chi connectivity index (χ0) is 18.0. The van der Waals surface area contributed by atoms with Gasteiger partial charge in [0.1, 0.15) is 12.2 Å². The van der Waals surface area contributed by atoms with Gasteiger partial charge >= 0.3 is 0 Å². The number of ether oxygens (including phenoxy) is 2. The maximum absolute atomic E-state index is 12.4. The molecule has 2 aromatic heterocycles. The van der Waals surface area contributed by atoms with E-state index < -0.39 is 5.60 Å². The van der Waals surface area contributed by atoms with Crippen molar-refractivity contribution < 1.29 is 14.3 Å². The van der Waals surface area contributed by atoms with Gasteiger partial charge in [0.15, 0.2) is 0 Å². The summed E-state index contributed by atoms with van der Waals surface area (Å²) in [5, 5.41) is 4.18. The molecule has 2 fully saturated rings. The molecule has 0 bridgehead atoms.